The van der Waals surface area contributed by atoms with Crippen LogP contribution in [0.2, 0.25) is 0 Å². The van der Waals surface area contributed by atoms with E-state index in [9.17, 15) is 5.11 Å². The van der Waals surface area contributed by atoms with Crippen LogP contribution in [0, 0.1) is 0 Å². The van der Waals surface area contributed by atoms with E-state index < -0.39 is 5.60 Å². The van der Waals surface area contributed by atoms with E-state index >= 15 is 0 Å². The molecule has 17 heavy (non-hydrogen) atoms. The second kappa shape index (κ2) is 5.19. The van der Waals surface area contributed by atoms with Gasteiger partial charge in [-0.2, -0.15) is 0 Å². The molecule has 1 aliphatic rings. The second-order valence-corrected chi connectivity index (χ2v) is 5.19. The highest BCUT2D eigenvalue weighted by molar-refractivity contribution is 5.00. The quantitative estimate of drug-likeness (QED) is 0.828. The molecule has 0 bridgehead atoms. The molecular weight excluding hydrogens is 214 g/mol. The maximum atomic E-state index is 10.6. The molecule has 4 heteroatoms. The standard InChI is InChI=1S/C13H23N3O/c1-3-14-11-4-6-13(17,7-5-11)10-12-15-8-9-16(12)2/h8-9,11,14,17H,3-7,10H2,1-2H3. The lowest BCUT2D eigenvalue weighted by Gasteiger charge is -2.36. The van der Waals surface area contributed by atoms with Gasteiger partial charge in [-0.1, -0.05) is 6.92 Å². The Morgan fingerprint density at radius 1 is 1.53 bits per heavy atom. The van der Waals surface area contributed by atoms with Crippen molar-refractivity contribution in [1.82, 2.24) is 14.9 Å². The Morgan fingerprint density at radius 3 is 2.76 bits per heavy atom. The summed E-state index contributed by atoms with van der Waals surface area (Å²) in [6.45, 7) is 3.15. The average molecular weight is 237 g/mol. The summed E-state index contributed by atoms with van der Waals surface area (Å²) in [5.74, 6) is 0.981. The first kappa shape index (κ1) is 12.6. The van der Waals surface area contributed by atoms with Crippen molar-refractivity contribution in [2.75, 3.05) is 6.54 Å². The summed E-state index contributed by atoms with van der Waals surface area (Å²) in [5, 5.41) is 14.0. The van der Waals surface area contributed by atoms with E-state index in [1.54, 1.807) is 6.20 Å². The van der Waals surface area contributed by atoms with Gasteiger partial charge in [-0.25, -0.2) is 4.98 Å². The molecule has 0 atom stereocenters. The van der Waals surface area contributed by atoms with Crippen molar-refractivity contribution in [1.29, 1.82) is 0 Å². The van der Waals surface area contributed by atoms with Gasteiger partial charge in [-0.05, 0) is 32.2 Å². The van der Waals surface area contributed by atoms with Gasteiger partial charge in [0.25, 0.3) is 0 Å². The minimum absolute atomic E-state index is 0.551. The molecule has 1 saturated carbocycles. The van der Waals surface area contributed by atoms with Gasteiger partial charge in [-0.3, -0.25) is 0 Å². The van der Waals surface area contributed by atoms with E-state index in [1.165, 1.54) is 0 Å². The minimum Gasteiger partial charge on any atom is -0.389 e. The molecule has 1 aromatic heterocycles. The topological polar surface area (TPSA) is 50.1 Å². The fourth-order valence-electron chi connectivity index (χ4n) is 2.69. The predicted octanol–water partition coefficient (Wildman–Crippen LogP) is 1.25. The molecule has 1 fully saturated rings. The van der Waals surface area contributed by atoms with Crippen LogP contribution in [0.15, 0.2) is 12.4 Å². The van der Waals surface area contributed by atoms with Gasteiger partial charge in [0, 0.05) is 31.9 Å². The second-order valence-electron chi connectivity index (χ2n) is 5.19. The molecule has 1 heterocycles. The Labute approximate surface area is 103 Å². The van der Waals surface area contributed by atoms with E-state index in [2.05, 4.69) is 17.2 Å². The zero-order valence-corrected chi connectivity index (χ0v) is 10.8. The summed E-state index contributed by atoms with van der Waals surface area (Å²) in [6, 6.07) is 0.585. The fourth-order valence-corrected chi connectivity index (χ4v) is 2.69. The van der Waals surface area contributed by atoms with Gasteiger partial charge in [0.15, 0.2) is 0 Å². The third-order valence-electron chi connectivity index (χ3n) is 3.82. The normalized spacial score (nSPS) is 29.5. The first-order valence-electron chi connectivity index (χ1n) is 6.55. The van der Waals surface area contributed by atoms with Crippen molar-refractivity contribution < 1.29 is 5.11 Å². The Hall–Kier alpha value is -0.870. The first-order chi connectivity index (χ1) is 8.13. The maximum Gasteiger partial charge on any atom is 0.111 e. The van der Waals surface area contributed by atoms with E-state index in [-0.39, 0.29) is 0 Å². The molecular formula is C13H23N3O. The molecule has 0 spiro atoms. The van der Waals surface area contributed by atoms with Crippen LogP contribution in [0.5, 0.6) is 0 Å². The van der Waals surface area contributed by atoms with Crippen LogP contribution in [0.4, 0.5) is 0 Å². The number of nitrogens with one attached hydrogen (secondary N) is 1. The van der Waals surface area contributed by atoms with E-state index in [0.717, 1.165) is 38.1 Å². The lowest BCUT2D eigenvalue weighted by Crippen LogP contribution is -2.42. The largest absolute Gasteiger partial charge is 0.389 e. The minimum atomic E-state index is -0.551. The number of imidazole rings is 1. The smallest absolute Gasteiger partial charge is 0.111 e. The highest BCUT2D eigenvalue weighted by Gasteiger charge is 2.33. The Bertz CT molecular complexity index is 353. The lowest BCUT2D eigenvalue weighted by atomic mass is 9.80. The number of rotatable bonds is 4. The number of nitrogens with zero attached hydrogens (tertiary/aromatic N) is 2. The predicted molar refractivity (Wildman–Crippen MR) is 67.8 cm³/mol. The summed E-state index contributed by atoms with van der Waals surface area (Å²) < 4.78 is 1.99. The summed E-state index contributed by atoms with van der Waals surface area (Å²) >= 11 is 0. The molecule has 0 amide bonds. The first-order valence-corrected chi connectivity index (χ1v) is 6.55. The summed E-state index contributed by atoms with van der Waals surface area (Å²) in [4.78, 5) is 4.30. The summed E-state index contributed by atoms with van der Waals surface area (Å²) in [6.07, 6.45) is 8.28. The molecule has 0 aromatic carbocycles. The van der Waals surface area contributed by atoms with Crippen LogP contribution < -0.4 is 5.32 Å². The summed E-state index contributed by atoms with van der Waals surface area (Å²) in [5.41, 5.74) is -0.551. The van der Waals surface area contributed by atoms with Crippen LogP contribution in [0.25, 0.3) is 0 Å². The SMILES string of the molecule is CCNC1CCC(O)(Cc2nccn2C)CC1. The van der Waals surface area contributed by atoms with Crippen LogP contribution in [-0.2, 0) is 13.5 Å². The summed E-state index contributed by atoms with van der Waals surface area (Å²) in [7, 11) is 1.98. The number of aliphatic hydroxyl groups is 1. The van der Waals surface area contributed by atoms with E-state index in [4.69, 9.17) is 0 Å². The van der Waals surface area contributed by atoms with Gasteiger partial charge in [0.05, 0.1) is 5.60 Å². The Balaban J connectivity index is 1.91. The average Bonchev–Trinajstić information content (AvgIpc) is 2.68. The monoisotopic (exact) mass is 237 g/mol. The molecule has 2 N–H and O–H groups in total. The maximum absolute atomic E-state index is 10.6. The third-order valence-corrected chi connectivity index (χ3v) is 3.82. The lowest BCUT2D eigenvalue weighted by molar-refractivity contribution is -0.00506. The van der Waals surface area contributed by atoms with Crippen molar-refractivity contribution in [3.63, 3.8) is 0 Å². The molecule has 0 unspecified atom stereocenters. The van der Waals surface area contributed by atoms with Crippen molar-refractivity contribution in [3.8, 4) is 0 Å². The van der Waals surface area contributed by atoms with E-state index in [0.29, 0.717) is 12.5 Å². The van der Waals surface area contributed by atoms with Crippen LogP contribution >= 0.6 is 0 Å². The van der Waals surface area contributed by atoms with Crippen molar-refractivity contribution >= 4 is 0 Å². The molecule has 0 radical (unpaired) electrons. The molecule has 0 aliphatic heterocycles. The number of aromatic nitrogens is 2. The van der Waals surface area contributed by atoms with Gasteiger partial charge in [0.2, 0.25) is 0 Å². The molecule has 96 valence electrons. The van der Waals surface area contributed by atoms with Crippen molar-refractivity contribution in [2.24, 2.45) is 7.05 Å². The van der Waals surface area contributed by atoms with E-state index in [1.807, 2.05) is 17.8 Å². The Morgan fingerprint density at radius 2 is 2.24 bits per heavy atom. The Kier molecular flexibility index (Phi) is 3.84. The van der Waals surface area contributed by atoms with Crippen molar-refractivity contribution in [2.45, 2.75) is 50.7 Å². The zero-order valence-electron chi connectivity index (χ0n) is 10.8. The molecule has 1 aliphatic carbocycles. The van der Waals surface area contributed by atoms with Gasteiger partial charge in [0.1, 0.15) is 5.82 Å². The van der Waals surface area contributed by atoms with Crippen LogP contribution in [-0.4, -0.2) is 32.8 Å². The molecule has 2 rings (SSSR count). The number of hydrogen-bond acceptors (Lipinski definition) is 3. The highest BCUT2D eigenvalue weighted by Crippen LogP contribution is 2.30. The van der Waals surface area contributed by atoms with Gasteiger partial charge >= 0.3 is 0 Å². The van der Waals surface area contributed by atoms with Crippen LogP contribution in [0.1, 0.15) is 38.4 Å². The number of aryl methyl sites for hydroxylation is 1. The van der Waals surface area contributed by atoms with Gasteiger partial charge in [-0.15, -0.1) is 0 Å². The number of hydrogen-bond donors (Lipinski definition) is 2. The zero-order chi connectivity index (χ0) is 12.3. The van der Waals surface area contributed by atoms with Crippen molar-refractivity contribution in [3.05, 3.63) is 18.2 Å². The highest BCUT2D eigenvalue weighted by atomic mass is 16.3. The molecule has 1 aromatic rings. The van der Waals surface area contributed by atoms with Crippen LogP contribution in [0.3, 0.4) is 0 Å². The van der Waals surface area contributed by atoms with Gasteiger partial charge < -0.3 is 15.0 Å². The molecule has 4 nitrogen and oxygen atoms in total. The molecule has 0 saturated heterocycles. The third kappa shape index (κ3) is 3.07. The fraction of sp³-hybridized carbons (Fsp3) is 0.769.